The van der Waals surface area contributed by atoms with Crippen LogP contribution in [0.5, 0.6) is 0 Å². The monoisotopic (exact) mass is 485 g/mol. The summed E-state index contributed by atoms with van der Waals surface area (Å²) in [5.41, 5.74) is 3.89. The van der Waals surface area contributed by atoms with Crippen molar-refractivity contribution in [3.8, 4) is 0 Å². The highest BCUT2D eigenvalue weighted by atomic mass is 16.5. The number of piperidine rings is 1. The van der Waals surface area contributed by atoms with Gasteiger partial charge in [-0.25, -0.2) is 4.79 Å². The molecule has 3 aromatic carbocycles. The number of benzene rings is 3. The molecule has 2 unspecified atom stereocenters. The van der Waals surface area contributed by atoms with E-state index in [0.29, 0.717) is 36.3 Å². The van der Waals surface area contributed by atoms with Gasteiger partial charge >= 0.3 is 12.0 Å². The van der Waals surface area contributed by atoms with Crippen LogP contribution in [0.4, 0.5) is 16.2 Å². The maximum absolute atomic E-state index is 13.3. The number of urea groups is 1. The molecule has 186 valence electrons. The summed E-state index contributed by atoms with van der Waals surface area (Å²) in [5, 5.41) is 5.79. The number of carbonyl (C=O) groups excluding carboxylic acids is 3. The molecule has 1 saturated heterocycles. The molecule has 3 amide bonds. The number of aryl methyl sites for hydroxylation is 2. The van der Waals surface area contributed by atoms with Crippen LogP contribution in [-0.4, -0.2) is 35.9 Å². The van der Waals surface area contributed by atoms with E-state index in [4.69, 9.17) is 4.74 Å². The lowest BCUT2D eigenvalue weighted by Crippen LogP contribution is -2.45. The summed E-state index contributed by atoms with van der Waals surface area (Å²) in [7, 11) is 0. The SMILES string of the molecule is Cc1ccc(C)c(NC(=O)C(OC(=O)C2CCCN(C(=O)Nc3ccccc3)C2)c2ccccc2)c1. The van der Waals surface area contributed by atoms with Gasteiger partial charge in [0.2, 0.25) is 6.10 Å². The second-order valence-electron chi connectivity index (χ2n) is 9.12. The molecule has 0 radical (unpaired) electrons. The first-order chi connectivity index (χ1) is 17.4. The van der Waals surface area contributed by atoms with Crippen molar-refractivity contribution in [3.63, 3.8) is 0 Å². The maximum Gasteiger partial charge on any atom is 0.321 e. The number of rotatable bonds is 6. The van der Waals surface area contributed by atoms with Crippen molar-refractivity contribution >= 4 is 29.3 Å². The maximum atomic E-state index is 13.3. The summed E-state index contributed by atoms with van der Waals surface area (Å²) >= 11 is 0. The Morgan fingerprint density at radius 2 is 1.61 bits per heavy atom. The standard InChI is InChI=1S/C29H31N3O4/c1-20-15-16-21(2)25(18-20)31-27(33)26(22-10-5-3-6-11-22)36-28(34)23-12-9-17-32(19-23)29(35)30-24-13-7-4-8-14-24/h3-8,10-11,13-16,18,23,26H,9,12,17,19H2,1-2H3,(H,30,35)(H,31,33). The Kier molecular flexibility index (Phi) is 8.00. The van der Waals surface area contributed by atoms with Gasteiger partial charge in [-0.1, -0.05) is 60.7 Å². The van der Waals surface area contributed by atoms with Crippen molar-refractivity contribution in [3.05, 3.63) is 95.6 Å². The zero-order valence-electron chi connectivity index (χ0n) is 20.6. The first kappa shape index (κ1) is 25.0. The molecule has 2 atom stereocenters. The predicted octanol–water partition coefficient (Wildman–Crippen LogP) is 5.47. The van der Waals surface area contributed by atoms with E-state index in [0.717, 1.165) is 11.1 Å². The molecule has 2 N–H and O–H groups in total. The number of hydrogen-bond donors (Lipinski definition) is 2. The van der Waals surface area contributed by atoms with Gasteiger partial charge < -0.3 is 20.3 Å². The van der Waals surface area contributed by atoms with Gasteiger partial charge in [0.1, 0.15) is 0 Å². The lowest BCUT2D eigenvalue weighted by molar-refractivity contribution is -0.160. The molecule has 0 aromatic heterocycles. The number of esters is 1. The van der Waals surface area contributed by atoms with Crippen LogP contribution in [0.25, 0.3) is 0 Å². The molecule has 4 rings (SSSR count). The first-order valence-corrected chi connectivity index (χ1v) is 12.2. The lowest BCUT2D eigenvalue weighted by Gasteiger charge is -2.32. The van der Waals surface area contributed by atoms with Crippen LogP contribution in [0.2, 0.25) is 0 Å². The van der Waals surface area contributed by atoms with Crippen molar-refractivity contribution < 1.29 is 19.1 Å². The number of ether oxygens (including phenoxy) is 1. The first-order valence-electron chi connectivity index (χ1n) is 12.2. The van der Waals surface area contributed by atoms with Gasteiger partial charge in [0, 0.05) is 30.0 Å². The van der Waals surface area contributed by atoms with E-state index >= 15 is 0 Å². The van der Waals surface area contributed by atoms with E-state index < -0.39 is 23.9 Å². The minimum Gasteiger partial charge on any atom is -0.447 e. The molecule has 0 bridgehead atoms. The molecule has 1 fully saturated rings. The van der Waals surface area contributed by atoms with Crippen LogP contribution in [0.1, 0.15) is 35.6 Å². The zero-order valence-corrected chi connectivity index (χ0v) is 20.6. The number of amides is 3. The number of anilines is 2. The minimum absolute atomic E-state index is 0.234. The smallest absolute Gasteiger partial charge is 0.321 e. The van der Waals surface area contributed by atoms with Gasteiger partial charge in [-0.15, -0.1) is 0 Å². The summed E-state index contributed by atoms with van der Waals surface area (Å²) in [6.07, 6.45) is 0.160. The normalized spacial score (nSPS) is 16.1. The third kappa shape index (κ3) is 6.30. The molecule has 7 heteroatoms. The summed E-state index contributed by atoms with van der Waals surface area (Å²) < 4.78 is 5.82. The summed E-state index contributed by atoms with van der Waals surface area (Å²) in [6, 6.07) is 23.7. The van der Waals surface area contributed by atoms with Crippen molar-refractivity contribution in [1.29, 1.82) is 0 Å². The fourth-order valence-electron chi connectivity index (χ4n) is 4.26. The Morgan fingerprint density at radius 3 is 2.33 bits per heavy atom. The molecule has 0 spiro atoms. The van der Waals surface area contributed by atoms with E-state index in [1.54, 1.807) is 29.2 Å². The van der Waals surface area contributed by atoms with E-state index in [1.165, 1.54) is 0 Å². The van der Waals surface area contributed by atoms with Gasteiger partial charge in [-0.3, -0.25) is 9.59 Å². The van der Waals surface area contributed by atoms with Gasteiger partial charge in [-0.2, -0.15) is 0 Å². The van der Waals surface area contributed by atoms with Crippen molar-refractivity contribution in [2.24, 2.45) is 5.92 Å². The van der Waals surface area contributed by atoms with E-state index in [-0.39, 0.29) is 12.6 Å². The van der Waals surface area contributed by atoms with Crippen LogP contribution < -0.4 is 10.6 Å². The molecule has 0 aliphatic carbocycles. The molecular formula is C29H31N3O4. The molecule has 3 aromatic rings. The average Bonchev–Trinajstić information content (AvgIpc) is 2.90. The Bertz CT molecular complexity index is 1210. The molecule has 0 saturated carbocycles. The molecule has 1 aliphatic heterocycles. The van der Waals surface area contributed by atoms with E-state index in [1.807, 2.05) is 68.4 Å². The van der Waals surface area contributed by atoms with Crippen LogP contribution in [-0.2, 0) is 14.3 Å². The Morgan fingerprint density at radius 1 is 0.917 bits per heavy atom. The summed E-state index contributed by atoms with van der Waals surface area (Å²) in [6.45, 7) is 4.65. The highest BCUT2D eigenvalue weighted by molar-refractivity contribution is 5.97. The molecule has 1 aliphatic rings. The quantitative estimate of drug-likeness (QED) is 0.453. The minimum atomic E-state index is -1.10. The van der Waals surface area contributed by atoms with Gasteiger partial charge in [-0.05, 0) is 56.0 Å². The van der Waals surface area contributed by atoms with Crippen LogP contribution in [0, 0.1) is 19.8 Å². The highest BCUT2D eigenvalue weighted by Gasteiger charge is 2.33. The highest BCUT2D eigenvalue weighted by Crippen LogP contribution is 2.26. The zero-order chi connectivity index (χ0) is 25.5. The Balaban J connectivity index is 1.46. The topological polar surface area (TPSA) is 87.7 Å². The van der Waals surface area contributed by atoms with Gasteiger partial charge in [0.25, 0.3) is 5.91 Å². The second kappa shape index (κ2) is 11.5. The number of nitrogens with one attached hydrogen (secondary N) is 2. The number of likely N-dealkylation sites (tertiary alicyclic amines) is 1. The third-order valence-corrected chi connectivity index (χ3v) is 6.29. The number of nitrogens with zero attached hydrogens (tertiary/aromatic N) is 1. The molecule has 7 nitrogen and oxygen atoms in total. The largest absolute Gasteiger partial charge is 0.447 e. The second-order valence-corrected chi connectivity index (χ2v) is 9.12. The van der Waals surface area contributed by atoms with Gasteiger partial charge in [0.15, 0.2) is 0 Å². The van der Waals surface area contributed by atoms with Crippen LogP contribution in [0.15, 0.2) is 78.9 Å². The van der Waals surface area contributed by atoms with Crippen molar-refractivity contribution in [2.45, 2.75) is 32.8 Å². The average molecular weight is 486 g/mol. The fourth-order valence-corrected chi connectivity index (χ4v) is 4.26. The Hall–Kier alpha value is -4.13. The predicted molar refractivity (Wildman–Crippen MR) is 140 cm³/mol. The number of para-hydroxylation sites is 1. The molecule has 36 heavy (non-hydrogen) atoms. The third-order valence-electron chi connectivity index (χ3n) is 6.29. The van der Waals surface area contributed by atoms with Gasteiger partial charge in [0.05, 0.1) is 5.92 Å². The summed E-state index contributed by atoms with van der Waals surface area (Å²) in [4.78, 5) is 40.9. The fraction of sp³-hybridized carbons (Fsp3) is 0.276. The Labute approximate surface area is 211 Å². The molecular weight excluding hydrogens is 454 g/mol. The number of hydrogen-bond acceptors (Lipinski definition) is 4. The lowest BCUT2D eigenvalue weighted by atomic mass is 9.98. The van der Waals surface area contributed by atoms with Crippen molar-refractivity contribution in [2.75, 3.05) is 23.7 Å². The molecule has 1 heterocycles. The summed E-state index contributed by atoms with van der Waals surface area (Å²) in [5.74, 6) is -1.42. The van der Waals surface area contributed by atoms with Crippen LogP contribution in [0.3, 0.4) is 0 Å². The van der Waals surface area contributed by atoms with Crippen molar-refractivity contribution in [1.82, 2.24) is 4.90 Å². The van der Waals surface area contributed by atoms with E-state index in [2.05, 4.69) is 10.6 Å². The van der Waals surface area contributed by atoms with E-state index in [9.17, 15) is 14.4 Å². The van der Waals surface area contributed by atoms with Crippen LogP contribution >= 0.6 is 0 Å². The number of carbonyl (C=O) groups is 3.